The number of hydrazone groups is 1. The Kier molecular flexibility index (Phi) is 3.47. The zero-order valence-corrected chi connectivity index (χ0v) is 12.8. The Morgan fingerprint density at radius 2 is 1.79 bits per heavy atom. The van der Waals surface area contributed by atoms with Crippen molar-refractivity contribution in [1.82, 2.24) is 19.7 Å². The Hall–Kier alpha value is -3.54. The molecule has 0 fully saturated rings. The highest BCUT2D eigenvalue weighted by Gasteiger charge is 2.18. The first-order valence-electron chi connectivity index (χ1n) is 7.44. The van der Waals surface area contributed by atoms with Gasteiger partial charge in [-0.25, -0.2) is 14.7 Å². The van der Waals surface area contributed by atoms with E-state index in [2.05, 4.69) is 21.6 Å². The van der Waals surface area contributed by atoms with Crippen molar-refractivity contribution < 1.29 is 0 Å². The van der Waals surface area contributed by atoms with Gasteiger partial charge < -0.3 is 0 Å². The monoisotopic (exact) mass is 314 g/mol. The minimum absolute atomic E-state index is 0.734. The topological polar surface area (TPSA) is 59.2 Å². The lowest BCUT2D eigenvalue weighted by molar-refractivity contribution is 0.836. The highest BCUT2D eigenvalue weighted by atomic mass is 15.5. The van der Waals surface area contributed by atoms with Gasteiger partial charge in [-0.2, -0.15) is 10.2 Å². The van der Waals surface area contributed by atoms with Crippen molar-refractivity contribution in [3.8, 4) is 5.82 Å². The smallest absolute Gasteiger partial charge is 0.154 e. The Labute approximate surface area is 139 Å². The van der Waals surface area contributed by atoms with Crippen LogP contribution in [0.1, 0.15) is 5.69 Å². The fraction of sp³-hybridized carbons (Fsp3) is 0. The van der Waals surface area contributed by atoms with Gasteiger partial charge in [-0.3, -0.25) is 4.98 Å². The van der Waals surface area contributed by atoms with Crippen LogP contribution in [-0.4, -0.2) is 25.5 Å². The first-order chi connectivity index (χ1) is 11.8. The van der Waals surface area contributed by atoms with Gasteiger partial charge in [0.2, 0.25) is 0 Å². The second kappa shape index (κ2) is 5.92. The average molecular weight is 314 g/mol. The molecule has 1 aliphatic heterocycles. The molecule has 0 amide bonds. The molecule has 0 atom stereocenters. The molecule has 6 nitrogen and oxygen atoms in total. The molecule has 3 aromatic heterocycles. The number of aromatic nitrogens is 4. The quantitative estimate of drug-likeness (QED) is 0.746. The molecule has 0 bridgehead atoms. The highest BCUT2D eigenvalue weighted by molar-refractivity contribution is 6.14. The molecule has 0 aliphatic carbocycles. The lowest BCUT2D eigenvalue weighted by atomic mass is 10.1. The summed E-state index contributed by atoms with van der Waals surface area (Å²) >= 11 is 0. The molecular formula is C18H14N6. The highest BCUT2D eigenvalue weighted by Crippen LogP contribution is 2.22. The van der Waals surface area contributed by atoms with E-state index in [9.17, 15) is 0 Å². The van der Waals surface area contributed by atoms with Crippen LogP contribution < -0.4 is 5.01 Å². The third kappa shape index (κ3) is 2.50. The summed E-state index contributed by atoms with van der Waals surface area (Å²) in [5.74, 6) is 0.734. The van der Waals surface area contributed by atoms with Crippen LogP contribution in [0.4, 0.5) is 5.69 Å². The molecule has 1 aliphatic rings. The molecule has 0 spiro atoms. The van der Waals surface area contributed by atoms with E-state index in [4.69, 9.17) is 5.10 Å². The molecule has 4 rings (SSSR count). The van der Waals surface area contributed by atoms with Gasteiger partial charge in [-0.05, 0) is 42.0 Å². The van der Waals surface area contributed by atoms with Crippen LogP contribution in [0.2, 0.25) is 0 Å². The summed E-state index contributed by atoms with van der Waals surface area (Å²) in [5, 5.41) is 10.9. The summed E-state index contributed by atoms with van der Waals surface area (Å²) in [6, 6.07) is 11.4. The van der Waals surface area contributed by atoms with Gasteiger partial charge in [0.05, 0.1) is 17.6 Å². The number of hydrogen-bond donors (Lipinski definition) is 0. The average Bonchev–Trinajstić information content (AvgIpc) is 3.13. The van der Waals surface area contributed by atoms with E-state index in [1.807, 2.05) is 48.7 Å². The molecule has 3 aromatic rings. The lowest BCUT2D eigenvalue weighted by Gasteiger charge is -2.21. The minimum Gasteiger partial charge on any atom is -0.265 e. The summed E-state index contributed by atoms with van der Waals surface area (Å²) in [6.45, 7) is 4.10. The van der Waals surface area contributed by atoms with Crippen LogP contribution in [-0.2, 0) is 0 Å². The SMILES string of the molecule is C=C1C=CN(c2ccncc2)N=C1c1ccnn1-c1ccccn1. The Morgan fingerprint density at radius 1 is 0.917 bits per heavy atom. The fourth-order valence-electron chi connectivity index (χ4n) is 2.45. The Morgan fingerprint density at radius 3 is 2.58 bits per heavy atom. The predicted molar refractivity (Wildman–Crippen MR) is 92.9 cm³/mol. The van der Waals surface area contributed by atoms with Crippen molar-refractivity contribution in [3.05, 3.63) is 91.3 Å². The lowest BCUT2D eigenvalue weighted by Crippen LogP contribution is -2.21. The number of hydrogen-bond acceptors (Lipinski definition) is 5. The molecule has 0 N–H and O–H groups in total. The van der Waals surface area contributed by atoms with Crippen LogP contribution in [0.3, 0.4) is 0 Å². The van der Waals surface area contributed by atoms with Crippen molar-refractivity contribution in [2.75, 3.05) is 5.01 Å². The molecule has 6 heteroatoms. The van der Waals surface area contributed by atoms with E-state index < -0.39 is 0 Å². The van der Waals surface area contributed by atoms with Crippen LogP contribution >= 0.6 is 0 Å². The third-order valence-electron chi connectivity index (χ3n) is 3.61. The summed E-state index contributed by atoms with van der Waals surface area (Å²) in [4.78, 5) is 8.39. The largest absolute Gasteiger partial charge is 0.265 e. The minimum atomic E-state index is 0.734. The van der Waals surface area contributed by atoms with Crippen molar-refractivity contribution in [3.63, 3.8) is 0 Å². The van der Waals surface area contributed by atoms with Gasteiger partial charge in [0.25, 0.3) is 0 Å². The first kappa shape index (κ1) is 14.1. The third-order valence-corrected chi connectivity index (χ3v) is 3.61. The number of anilines is 1. The van der Waals surface area contributed by atoms with E-state index in [0.717, 1.165) is 28.5 Å². The second-order valence-corrected chi connectivity index (χ2v) is 5.16. The number of allylic oxidation sites excluding steroid dienone is 2. The molecule has 0 unspecified atom stereocenters. The molecule has 0 saturated carbocycles. The molecular weight excluding hydrogens is 300 g/mol. The fourth-order valence-corrected chi connectivity index (χ4v) is 2.45. The number of pyridine rings is 2. The molecule has 0 radical (unpaired) electrons. The first-order valence-corrected chi connectivity index (χ1v) is 7.44. The molecule has 0 aromatic carbocycles. The molecule has 0 saturated heterocycles. The predicted octanol–water partition coefficient (Wildman–Crippen LogP) is 2.96. The zero-order chi connectivity index (χ0) is 16.4. The molecule has 24 heavy (non-hydrogen) atoms. The normalized spacial score (nSPS) is 13.9. The standard InChI is InChI=1S/C18H14N6/c1-14-8-13-23(15-5-10-19-11-6-15)22-18(14)16-7-12-21-24(16)17-4-2-3-9-20-17/h2-13H,1H2. The molecule has 4 heterocycles. The number of rotatable bonds is 3. The summed E-state index contributed by atoms with van der Waals surface area (Å²) in [7, 11) is 0. The Bertz CT molecular complexity index is 924. The molecule has 116 valence electrons. The van der Waals surface area contributed by atoms with E-state index in [-0.39, 0.29) is 0 Å². The number of nitrogens with zero attached hydrogens (tertiary/aromatic N) is 6. The van der Waals surface area contributed by atoms with Crippen LogP contribution in [0.15, 0.2) is 90.7 Å². The van der Waals surface area contributed by atoms with Crippen molar-refractivity contribution in [2.45, 2.75) is 0 Å². The van der Waals surface area contributed by atoms with Gasteiger partial charge in [0.15, 0.2) is 5.82 Å². The summed E-state index contributed by atoms with van der Waals surface area (Å²) in [5.41, 5.74) is 3.33. The summed E-state index contributed by atoms with van der Waals surface area (Å²) in [6.07, 6.45) is 10.7. The van der Waals surface area contributed by atoms with Crippen LogP contribution in [0.5, 0.6) is 0 Å². The van der Waals surface area contributed by atoms with E-state index in [1.54, 1.807) is 34.5 Å². The second-order valence-electron chi connectivity index (χ2n) is 5.16. The maximum absolute atomic E-state index is 4.71. The zero-order valence-electron chi connectivity index (χ0n) is 12.8. The van der Waals surface area contributed by atoms with Gasteiger partial charge >= 0.3 is 0 Å². The van der Waals surface area contributed by atoms with Crippen LogP contribution in [0.25, 0.3) is 5.82 Å². The van der Waals surface area contributed by atoms with Crippen molar-refractivity contribution in [1.29, 1.82) is 0 Å². The van der Waals surface area contributed by atoms with E-state index >= 15 is 0 Å². The van der Waals surface area contributed by atoms with E-state index in [1.165, 1.54) is 0 Å². The Balaban J connectivity index is 1.78. The maximum atomic E-state index is 4.71. The van der Waals surface area contributed by atoms with E-state index in [0.29, 0.717) is 0 Å². The van der Waals surface area contributed by atoms with Crippen LogP contribution in [0, 0.1) is 0 Å². The van der Waals surface area contributed by atoms with Gasteiger partial charge in [-0.1, -0.05) is 12.6 Å². The maximum Gasteiger partial charge on any atom is 0.154 e. The van der Waals surface area contributed by atoms with Gasteiger partial charge in [0, 0.05) is 24.8 Å². The van der Waals surface area contributed by atoms with Gasteiger partial charge in [-0.15, -0.1) is 0 Å². The summed E-state index contributed by atoms with van der Waals surface area (Å²) < 4.78 is 1.76. The van der Waals surface area contributed by atoms with Gasteiger partial charge in [0.1, 0.15) is 5.71 Å². The van der Waals surface area contributed by atoms with Crippen molar-refractivity contribution in [2.24, 2.45) is 5.10 Å². The van der Waals surface area contributed by atoms with Crippen molar-refractivity contribution >= 4 is 11.4 Å².